The molecule has 0 unspecified atom stereocenters. The van der Waals surface area contributed by atoms with E-state index < -0.39 is 11.4 Å². The molecule has 3 rings (SSSR count). The van der Waals surface area contributed by atoms with Crippen LogP contribution in [-0.2, 0) is 19.0 Å². The average Bonchev–Trinajstić information content (AvgIpc) is 2.91. The van der Waals surface area contributed by atoms with Gasteiger partial charge in [0.05, 0.1) is 19.6 Å². The topological polar surface area (TPSA) is 54.0 Å². The van der Waals surface area contributed by atoms with E-state index in [0.29, 0.717) is 6.61 Å². The Balaban J connectivity index is 1.67. The molecule has 0 amide bonds. The Bertz CT molecular complexity index is 813. The molecular formula is C21H26O5. The number of rotatable bonds is 5. The first-order valence-corrected chi connectivity index (χ1v) is 8.80. The molecule has 2 atom stereocenters. The highest BCUT2D eigenvalue weighted by Crippen LogP contribution is 2.31. The van der Waals surface area contributed by atoms with Crippen molar-refractivity contribution in [2.75, 3.05) is 20.3 Å². The minimum Gasteiger partial charge on any atom is -0.497 e. The molecule has 1 heterocycles. The van der Waals surface area contributed by atoms with E-state index in [1.807, 2.05) is 64.1 Å². The van der Waals surface area contributed by atoms with Gasteiger partial charge in [-0.25, -0.2) is 0 Å². The van der Waals surface area contributed by atoms with E-state index in [4.69, 9.17) is 18.9 Å². The summed E-state index contributed by atoms with van der Waals surface area (Å²) in [6.45, 7) is 8.03. The maximum absolute atomic E-state index is 12.5. The molecule has 0 saturated carbocycles. The van der Waals surface area contributed by atoms with Crippen molar-refractivity contribution in [3.63, 3.8) is 0 Å². The van der Waals surface area contributed by atoms with Crippen LogP contribution in [0.25, 0.3) is 10.8 Å². The van der Waals surface area contributed by atoms with Gasteiger partial charge in [-0.15, -0.1) is 0 Å². The van der Waals surface area contributed by atoms with E-state index in [2.05, 4.69) is 0 Å². The summed E-state index contributed by atoms with van der Waals surface area (Å²) in [4.78, 5) is 12.5. The largest absolute Gasteiger partial charge is 0.497 e. The zero-order valence-corrected chi connectivity index (χ0v) is 16.0. The fraction of sp³-hybridized carbons (Fsp3) is 0.476. The minimum atomic E-state index is -0.647. The van der Waals surface area contributed by atoms with E-state index >= 15 is 0 Å². The van der Waals surface area contributed by atoms with Crippen LogP contribution in [-0.4, -0.2) is 37.7 Å². The van der Waals surface area contributed by atoms with Crippen LogP contribution >= 0.6 is 0 Å². The van der Waals surface area contributed by atoms with Crippen molar-refractivity contribution in [1.29, 1.82) is 0 Å². The van der Waals surface area contributed by atoms with Gasteiger partial charge >= 0.3 is 5.97 Å². The first kappa shape index (κ1) is 18.7. The lowest BCUT2D eigenvalue weighted by molar-refractivity contribution is -0.176. The van der Waals surface area contributed by atoms with Crippen molar-refractivity contribution in [1.82, 2.24) is 0 Å². The van der Waals surface area contributed by atoms with Crippen molar-refractivity contribution in [2.24, 2.45) is 0 Å². The molecule has 0 aliphatic carbocycles. The highest BCUT2D eigenvalue weighted by atomic mass is 16.8. The molecule has 5 heteroatoms. The van der Waals surface area contributed by atoms with Gasteiger partial charge in [-0.2, -0.15) is 0 Å². The second kappa shape index (κ2) is 6.89. The molecule has 0 aromatic heterocycles. The minimum absolute atomic E-state index is 0.171. The van der Waals surface area contributed by atoms with Crippen molar-refractivity contribution in [3.05, 3.63) is 42.0 Å². The third-order valence-corrected chi connectivity index (χ3v) is 4.66. The van der Waals surface area contributed by atoms with Crippen LogP contribution in [0.5, 0.6) is 5.75 Å². The second-order valence-corrected chi connectivity index (χ2v) is 7.54. The number of esters is 1. The number of hydrogen-bond donors (Lipinski definition) is 0. The van der Waals surface area contributed by atoms with Crippen LogP contribution in [0.2, 0.25) is 0 Å². The summed E-state index contributed by atoms with van der Waals surface area (Å²) in [5.74, 6) is -0.466. The molecule has 140 valence electrons. The molecule has 2 aromatic carbocycles. The van der Waals surface area contributed by atoms with Gasteiger partial charge in [0.15, 0.2) is 5.79 Å². The van der Waals surface area contributed by atoms with Crippen molar-refractivity contribution < 1.29 is 23.7 Å². The highest BCUT2D eigenvalue weighted by Gasteiger charge is 2.43. The first-order valence-electron chi connectivity index (χ1n) is 8.80. The van der Waals surface area contributed by atoms with Gasteiger partial charge in [0.1, 0.15) is 18.0 Å². The fourth-order valence-electron chi connectivity index (χ4n) is 3.17. The molecule has 26 heavy (non-hydrogen) atoms. The molecule has 0 N–H and O–H groups in total. The van der Waals surface area contributed by atoms with Crippen molar-refractivity contribution in [2.45, 2.75) is 45.0 Å². The van der Waals surface area contributed by atoms with Crippen LogP contribution in [0.1, 0.15) is 39.2 Å². The summed E-state index contributed by atoms with van der Waals surface area (Å²) in [6.07, 6.45) is 0. The Hall–Kier alpha value is -2.11. The Labute approximate surface area is 154 Å². The summed E-state index contributed by atoms with van der Waals surface area (Å²) in [5, 5.41) is 2.13. The van der Waals surface area contributed by atoms with Crippen molar-refractivity contribution >= 4 is 16.7 Å². The van der Waals surface area contributed by atoms with Gasteiger partial charge in [0.2, 0.25) is 0 Å². The lowest BCUT2D eigenvalue weighted by Crippen LogP contribution is -2.37. The smallest absolute Gasteiger partial charge is 0.313 e. The van der Waals surface area contributed by atoms with Crippen LogP contribution in [0.3, 0.4) is 0 Å². The maximum atomic E-state index is 12.5. The Kier molecular flexibility index (Phi) is 4.95. The highest BCUT2D eigenvalue weighted by molar-refractivity contribution is 5.86. The van der Waals surface area contributed by atoms with Crippen LogP contribution in [0.4, 0.5) is 0 Å². The number of ether oxygens (including phenoxy) is 4. The summed E-state index contributed by atoms with van der Waals surface area (Å²) in [5.41, 5.74) is 0.306. The molecule has 0 spiro atoms. The third kappa shape index (κ3) is 4.00. The number of methoxy groups -OCH3 is 1. The van der Waals surface area contributed by atoms with E-state index in [1.165, 1.54) is 0 Å². The Morgan fingerprint density at radius 2 is 1.85 bits per heavy atom. The lowest BCUT2D eigenvalue weighted by atomic mass is 9.97. The van der Waals surface area contributed by atoms with E-state index in [1.54, 1.807) is 7.11 Å². The van der Waals surface area contributed by atoms with Crippen LogP contribution in [0.15, 0.2) is 36.4 Å². The first-order chi connectivity index (χ1) is 12.2. The third-order valence-electron chi connectivity index (χ3n) is 4.66. The number of hydrogen-bond acceptors (Lipinski definition) is 5. The SMILES string of the molecule is COc1ccc2cc([C@H](C)C(=O)OC[C@@]3(C)COC(C)(C)O3)ccc2c1. The molecular weight excluding hydrogens is 332 g/mol. The molecule has 2 aromatic rings. The molecule has 0 radical (unpaired) electrons. The summed E-state index contributed by atoms with van der Waals surface area (Å²) >= 11 is 0. The molecule has 5 nitrogen and oxygen atoms in total. The number of benzene rings is 2. The van der Waals surface area contributed by atoms with Gasteiger partial charge in [0, 0.05) is 0 Å². The monoisotopic (exact) mass is 358 g/mol. The van der Waals surface area contributed by atoms with Crippen LogP contribution < -0.4 is 4.74 Å². The predicted molar refractivity (Wildman–Crippen MR) is 99.4 cm³/mol. The Morgan fingerprint density at radius 1 is 1.15 bits per heavy atom. The van der Waals surface area contributed by atoms with Gasteiger partial charge < -0.3 is 18.9 Å². The average molecular weight is 358 g/mol. The standard InChI is InChI=1S/C21H26O5/c1-14(19(22)24-12-21(4)13-25-20(2,3)26-21)15-6-7-17-11-18(23-5)9-8-16(17)10-15/h6-11,14H,12-13H2,1-5H3/t14-,21-/m0/s1. The van der Waals surface area contributed by atoms with E-state index in [-0.39, 0.29) is 18.5 Å². The van der Waals surface area contributed by atoms with E-state index in [0.717, 1.165) is 22.1 Å². The maximum Gasteiger partial charge on any atom is 0.313 e. The number of carbonyl (C=O) groups excluding carboxylic acids is 1. The second-order valence-electron chi connectivity index (χ2n) is 7.54. The zero-order chi connectivity index (χ0) is 18.9. The molecule has 1 aliphatic rings. The van der Waals surface area contributed by atoms with Gasteiger partial charge in [-0.3, -0.25) is 4.79 Å². The van der Waals surface area contributed by atoms with E-state index in [9.17, 15) is 4.79 Å². The summed E-state index contributed by atoms with van der Waals surface area (Å²) in [7, 11) is 1.65. The molecule has 0 bridgehead atoms. The predicted octanol–water partition coefficient (Wildman–Crippen LogP) is 4.04. The fourth-order valence-corrected chi connectivity index (χ4v) is 3.17. The summed E-state index contributed by atoms with van der Waals surface area (Å²) in [6, 6.07) is 11.8. The van der Waals surface area contributed by atoms with Gasteiger partial charge in [0.25, 0.3) is 0 Å². The molecule has 1 aliphatic heterocycles. The lowest BCUT2D eigenvalue weighted by Gasteiger charge is -2.25. The molecule has 1 fully saturated rings. The van der Waals surface area contributed by atoms with Crippen molar-refractivity contribution in [3.8, 4) is 5.75 Å². The van der Waals surface area contributed by atoms with Gasteiger partial charge in [-0.1, -0.05) is 24.3 Å². The zero-order valence-electron chi connectivity index (χ0n) is 16.0. The van der Waals surface area contributed by atoms with Crippen LogP contribution in [0, 0.1) is 0 Å². The Morgan fingerprint density at radius 3 is 2.50 bits per heavy atom. The molecule has 1 saturated heterocycles. The quantitative estimate of drug-likeness (QED) is 0.755. The summed E-state index contributed by atoms with van der Waals surface area (Å²) < 4.78 is 22.2. The normalized spacial score (nSPS) is 23.0. The van der Waals surface area contributed by atoms with Gasteiger partial charge in [-0.05, 0) is 56.2 Å². The number of fused-ring (bicyclic) bond motifs is 1. The number of carbonyl (C=O) groups is 1.